The van der Waals surface area contributed by atoms with Crippen LogP contribution in [0.4, 0.5) is 0 Å². The van der Waals surface area contributed by atoms with Gasteiger partial charge in [0.25, 0.3) is 0 Å². The van der Waals surface area contributed by atoms with Gasteiger partial charge in [-0.05, 0) is 91.5 Å². The third-order valence-electron chi connectivity index (χ3n) is 9.77. The van der Waals surface area contributed by atoms with Gasteiger partial charge >= 0.3 is 0 Å². The van der Waals surface area contributed by atoms with Gasteiger partial charge in [-0.15, -0.1) is 0 Å². The summed E-state index contributed by atoms with van der Waals surface area (Å²) in [5.74, 6) is -2.51. The van der Waals surface area contributed by atoms with Crippen LogP contribution in [-0.4, -0.2) is 89.7 Å². The predicted molar refractivity (Wildman–Crippen MR) is 204 cm³/mol. The molecule has 1 saturated heterocycles. The molecule has 0 saturated carbocycles. The van der Waals surface area contributed by atoms with Crippen molar-refractivity contribution in [3.05, 3.63) is 35.4 Å². The van der Waals surface area contributed by atoms with Crippen LogP contribution in [0.2, 0.25) is 0 Å². The molecule has 1 aromatic carbocycles. The van der Waals surface area contributed by atoms with Gasteiger partial charge in [0.1, 0.15) is 18.1 Å². The van der Waals surface area contributed by atoms with Crippen LogP contribution in [0, 0.1) is 10.8 Å². The lowest BCUT2D eigenvalue weighted by atomic mass is 9.85. The average Bonchev–Trinajstić information content (AvgIpc) is 3.57. The molecule has 1 heterocycles. The van der Waals surface area contributed by atoms with Gasteiger partial charge in [-0.25, -0.2) is 9.67 Å². The largest absolute Gasteiger partial charge is 0.352 e. The minimum Gasteiger partial charge on any atom is -0.352 e. The van der Waals surface area contributed by atoms with E-state index in [1.807, 2.05) is 45.0 Å². The maximum Gasteiger partial charge on any atom is 0.245 e. The molecule has 0 aromatic heterocycles. The second-order valence-corrected chi connectivity index (χ2v) is 16.8. The number of benzene rings is 1. The minimum atomic E-state index is -1.09. The van der Waals surface area contributed by atoms with Gasteiger partial charge in [-0.2, -0.15) is 0 Å². The first-order valence-electron chi connectivity index (χ1n) is 18.4. The first-order chi connectivity index (χ1) is 24.8. The molecule has 3 rings (SSSR count). The first-order valence-corrected chi connectivity index (χ1v) is 19.1. The third-order valence-corrected chi connectivity index (χ3v) is 10.4. The SMILES string of the molecule is C[C@H](NCl)C(=O)NC(C(=O)N1CC[C@H](NC(=O)CC[C@@H](NC(=O)C(NC(=O)[C@@H](C)NCl)C(C)(C)C)C(=O)NC2CCCc3ccccc32)C1)C(C)(C)C. The lowest BCUT2D eigenvalue weighted by Crippen LogP contribution is -2.59. The summed E-state index contributed by atoms with van der Waals surface area (Å²) in [5, 5.41) is 14.4. The Hall–Kier alpha value is -3.46. The van der Waals surface area contributed by atoms with Gasteiger partial charge in [0, 0.05) is 25.6 Å². The Morgan fingerprint density at radius 1 is 0.774 bits per heavy atom. The van der Waals surface area contributed by atoms with Crippen LogP contribution >= 0.6 is 23.6 Å². The molecule has 1 aromatic rings. The van der Waals surface area contributed by atoms with Crippen molar-refractivity contribution < 1.29 is 28.8 Å². The molecule has 2 aliphatic rings. The fraction of sp³-hybridized carbons (Fsp3) is 0.676. The molecule has 6 amide bonds. The van der Waals surface area contributed by atoms with Gasteiger partial charge in [-0.3, -0.25) is 28.8 Å². The molecule has 7 N–H and O–H groups in total. The van der Waals surface area contributed by atoms with Gasteiger partial charge < -0.3 is 31.5 Å². The Morgan fingerprint density at radius 2 is 1.36 bits per heavy atom. The van der Waals surface area contributed by atoms with Crippen molar-refractivity contribution in [1.82, 2.24) is 41.2 Å². The summed E-state index contributed by atoms with van der Waals surface area (Å²) in [5.41, 5.74) is 0.861. The van der Waals surface area contributed by atoms with E-state index in [0.29, 0.717) is 13.0 Å². The number of carbonyl (C=O) groups is 6. The lowest BCUT2D eigenvalue weighted by Gasteiger charge is -2.34. The van der Waals surface area contributed by atoms with E-state index in [0.717, 1.165) is 30.4 Å². The van der Waals surface area contributed by atoms with Crippen LogP contribution in [0.15, 0.2) is 24.3 Å². The number of likely N-dealkylation sites (tertiary alicyclic amines) is 1. The van der Waals surface area contributed by atoms with Gasteiger partial charge in [0.2, 0.25) is 35.4 Å². The highest BCUT2D eigenvalue weighted by Gasteiger charge is 2.40. The molecular weight excluding hydrogens is 723 g/mol. The highest BCUT2D eigenvalue weighted by atomic mass is 35.5. The summed E-state index contributed by atoms with van der Waals surface area (Å²) < 4.78 is 0. The zero-order valence-electron chi connectivity index (χ0n) is 32.2. The summed E-state index contributed by atoms with van der Waals surface area (Å²) in [6, 6.07) is 2.93. The number of hydrogen-bond donors (Lipinski definition) is 7. The van der Waals surface area contributed by atoms with Crippen molar-refractivity contribution in [2.75, 3.05) is 13.1 Å². The molecule has 1 fully saturated rings. The molecule has 16 heteroatoms. The van der Waals surface area contributed by atoms with E-state index in [1.165, 1.54) is 0 Å². The van der Waals surface area contributed by atoms with Gasteiger partial charge in [0.15, 0.2) is 0 Å². The van der Waals surface area contributed by atoms with Crippen molar-refractivity contribution in [1.29, 1.82) is 0 Å². The maximum atomic E-state index is 13.9. The van der Waals surface area contributed by atoms with Crippen molar-refractivity contribution >= 4 is 59.0 Å². The number of rotatable bonds is 15. The molecule has 0 spiro atoms. The fourth-order valence-corrected chi connectivity index (χ4v) is 6.69. The second-order valence-electron chi connectivity index (χ2n) is 16.4. The molecule has 3 unspecified atom stereocenters. The standard InChI is InChI=1S/C37H58Cl2N8O6/c1-21(45-38)31(49)43-29(36(3,4)5)34(52)42-27(33(51)41-26-15-11-13-23-12-9-10-14-25(23)26)16-17-28(48)40-24-18-19-47(20-24)35(53)30(37(6,7)8)44-32(50)22(2)46-39/h9-10,12,14,21-22,24,26-27,29-30,45-46H,11,13,15-20H2,1-8H3,(H,40,48)(H,41,51)(H,42,52)(H,43,49)(H,44,50)/t21-,22+,24+,26?,27-,29?,30?/m1/s1. The second kappa shape index (κ2) is 19.2. The predicted octanol–water partition coefficient (Wildman–Crippen LogP) is 2.49. The van der Waals surface area contributed by atoms with E-state index in [4.69, 9.17) is 23.6 Å². The number of aryl methyl sites for hydroxylation is 1. The third kappa shape index (κ3) is 12.5. The number of nitrogens with zero attached hydrogens (tertiary/aromatic N) is 1. The molecule has 1 aliphatic carbocycles. The molecule has 0 bridgehead atoms. The molecule has 14 nitrogen and oxygen atoms in total. The number of fused-ring (bicyclic) bond motifs is 1. The Kier molecular flexibility index (Phi) is 15.9. The molecule has 7 atom stereocenters. The normalized spacial score (nSPS) is 20.2. The van der Waals surface area contributed by atoms with Crippen LogP contribution in [-0.2, 0) is 35.2 Å². The van der Waals surface area contributed by atoms with Crippen molar-refractivity contribution in [3.63, 3.8) is 0 Å². The highest BCUT2D eigenvalue weighted by molar-refractivity contribution is 6.15. The van der Waals surface area contributed by atoms with E-state index >= 15 is 0 Å². The Bertz CT molecular complexity index is 1480. The van der Waals surface area contributed by atoms with Crippen LogP contribution in [0.5, 0.6) is 0 Å². The Balaban J connectivity index is 1.72. The topological polar surface area (TPSA) is 190 Å². The van der Waals surface area contributed by atoms with E-state index in [2.05, 4.69) is 36.3 Å². The van der Waals surface area contributed by atoms with E-state index in [9.17, 15) is 28.8 Å². The quantitative estimate of drug-likeness (QED) is 0.132. The Labute approximate surface area is 323 Å². The number of carbonyl (C=O) groups excluding carboxylic acids is 6. The maximum absolute atomic E-state index is 13.9. The van der Waals surface area contributed by atoms with Crippen molar-refractivity contribution in [2.45, 2.75) is 136 Å². The summed E-state index contributed by atoms with van der Waals surface area (Å²) in [6.45, 7) is 14.7. The van der Waals surface area contributed by atoms with Crippen LogP contribution in [0.3, 0.4) is 0 Å². The molecular formula is C37H58Cl2N8O6. The van der Waals surface area contributed by atoms with Crippen LogP contribution < -0.4 is 36.3 Å². The highest BCUT2D eigenvalue weighted by Crippen LogP contribution is 2.30. The van der Waals surface area contributed by atoms with Crippen LogP contribution in [0.1, 0.15) is 105 Å². The summed E-state index contributed by atoms with van der Waals surface area (Å²) in [4.78, 5) is 86.2. The first kappa shape index (κ1) is 43.9. The average molecular weight is 782 g/mol. The molecule has 53 heavy (non-hydrogen) atoms. The summed E-state index contributed by atoms with van der Waals surface area (Å²) in [7, 11) is 0. The van der Waals surface area contributed by atoms with E-state index < -0.39 is 64.7 Å². The number of nitrogens with one attached hydrogen (secondary N) is 7. The van der Waals surface area contributed by atoms with E-state index in [-0.39, 0.29) is 43.3 Å². The number of halogens is 2. The lowest BCUT2D eigenvalue weighted by molar-refractivity contribution is -0.139. The molecule has 296 valence electrons. The number of amides is 6. The van der Waals surface area contributed by atoms with Crippen molar-refractivity contribution in [3.8, 4) is 0 Å². The van der Waals surface area contributed by atoms with E-state index in [1.54, 1.807) is 39.5 Å². The minimum absolute atomic E-state index is 0.0114. The van der Waals surface area contributed by atoms with Gasteiger partial charge in [0.05, 0.1) is 18.1 Å². The van der Waals surface area contributed by atoms with Crippen LogP contribution in [0.25, 0.3) is 0 Å². The fourth-order valence-electron chi connectivity index (χ4n) is 6.49. The number of hydrogen-bond acceptors (Lipinski definition) is 8. The Morgan fingerprint density at radius 3 is 1.94 bits per heavy atom. The van der Waals surface area contributed by atoms with Gasteiger partial charge in [-0.1, -0.05) is 65.8 Å². The smallest absolute Gasteiger partial charge is 0.245 e. The summed E-state index contributed by atoms with van der Waals surface area (Å²) in [6.07, 6.45) is 2.93. The zero-order chi connectivity index (χ0) is 39.7. The zero-order valence-corrected chi connectivity index (χ0v) is 33.7. The molecule has 1 aliphatic heterocycles. The summed E-state index contributed by atoms with van der Waals surface area (Å²) >= 11 is 11.3. The monoisotopic (exact) mass is 780 g/mol. The van der Waals surface area contributed by atoms with Crippen molar-refractivity contribution in [2.24, 2.45) is 10.8 Å². The molecule has 0 radical (unpaired) electrons.